The number of amides is 1. The highest BCUT2D eigenvalue weighted by Gasteiger charge is 2.29. The van der Waals surface area contributed by atoms with Crippen LogP contribution in [0.1, 0.15) is 48.9 Å². The van der Waals surface area contributed by atoms with Crippen LogP contribution in [-0.4, -0.2) is 41.7 Å². The lowest BCUT2D eigenvalue weighted by atomic mass is 9.98. The number of piperidine rings is 1. The molecule has 1 unspecified atom stereocenters. The summed E-state index contributed by atoms with van der Waals surface area (Å²) in [6.45, 7) is 1.80. The van der Waals surface area contributed by atoms with E-state index in [0.717, 1.165) is 44.0 Å². The number of hydrogen-bond donors (Lipinski definition) is 2. The maximum atomic E-state index is 13.0. The van der Waals surface area contributed by atoms with Gasteiger partial charge in [0.15, 0.2) is 0 Å². The monoisotopic (exact) mass is 336 g/mol. The van der Waals surface area contributed by atoms with Crippen molar-refractivity contribution in [2.24, 2.45) is 5.92 Å². The molecular formula is C18H25ClN2O2. The molecule has 0 bridgehead atoms. The Bertz CT molecular complexity index is 558. The second kappa shape index (κ2) is 7.54. The van der Waals surface area contributed by atoms with Gasteiger partial charge in [0.2, 0.25) is 0 Å². The number of carbonyl (C=O) groups excluding carboxylic acids is 1. The molecule has 1 aliphatic heterocycles. The van der Waals surface area contributed by atoms with Crippen molar-refractivity contribution in [3.63, 3.8) is 0 Å². The van der Waals surface area contributed by atoms with E-state index >= 15 is 0 Å². The molecule has 1 aromatic carbocycles. The summed E-state index contributed by atoms with van der Waals surface area (Å²) >= 11 is 6.12. The predicted octanol–water partition coefficient (Wildman–Crippen LogP) is 3.54. The van der Waals surface area contributed by atoms with Gasteiger partial charge in [-0.1, -0.05) is 11.6 Å². The van der Waals surface area contributed by atoms with E-state index in [1.165, 1.54) is 12.8 Å². The van der Waals surface area contributed by atoms with Gasteiger partial charge in [-0.3, -0.25) is 4.79 Å². The van der Waals surface area contributed by atoms with Crippen LogP contribution in [-0.2, 0) is 0 Å². The molecule has 5 heteroatoms. The van der Waals surface area contributed by atoms with Crippen molar-refractivity contribution in [3.05, 3.63) is 28.8 Å². The molecule has 2 fully saturated rings. The Morgan fingerprint density at radius 1 is 1.30 bits per heavy atom. The second-order valence-corrected chi connectivity index (χ2v) is 7.11. The van der Waals surface area contributed by atoms with Gasteiger partial charge in [-0.15, -0.1) is 0 Å². The first-order chi connectivity index (χ1) is 11.2. The summed E-state index contributed by atoms with van der Waals surface area (Å²) in [5.41, 5.74) is 1.53. The molecule has 126 valence electrons. The number of rotatable bonds is 6. The van der Waals surface area contributed by atoms with Gasteiger partial charge in [0.1, 0.15) is 0 Å². The lowest BCUT2D eigenvalue weighted by molar-refractivity contribution is 0.0575. The lowest BCUT2D eigenvalue weighted by Crippen LogP contribution is -2.44. The highest BCUT2D eigenvalue weighted by molar-refractivity contribution is 6.31. The molecule has 2 aliphatic rings. The maximum absolute atomic E-state index is 13.0. The summed E-state index contributed by atoms with van der Waals surface area (Å²) in [5, 5.41) is 13.3. The van der Waals surface area contributed by atoms with Crippen LogP contribution in [0.2, 0.25) is 5.02 Å². The van der Waals surface area contributed by atoms with Crippen LogP contribution in [0.3, 0.4) is 0 Å². The van der Waals surface area contributed by atoms with Gasteiger partial charge >= 0.3 is 0 Å². The van der Waals surface area contributed by atoms with Crippen molar-refractivity contribution in [3.8, 4) is 0 Å². The summed E-state index contributed by atoms with van der Waals surface area (Å²) in [5.74, 6) is 0.784. The average molecular weight is 337 g/mol. The van der Waals surface area contributed by atoms with E-state index in [2.05, 4.69) is 5.32 Å². The van der Waals surface area contributed by atoms with E-state index in [1.54, 1.807) is 6.07 Å². The van der Waals surface area contributed by atoms with E-state index in [9.17, 15) is 9.90 Å². The Morgan fingerprint density at radius 3 is 2.87 bits per heavy atom. The minimum Gasteiger partial charge on any atom is -0.396 e. The van der Waals surface area contributed by atoms with Crippen LogP contribution in [0.4, 0.5) is 5.69 Å². The molecule has 1 amide bonds. The molecule has 1 saturated heterocycles. The zero-order valence-corrected chi connectivity index (χ0v) is 14.2. The van der Waals surface area contributed by atoms with Gasteiger partial charge < -0.3 is 15.3 Å². The highest BCUT2D eigenvalue weighted by Crippen LogP contribution is 2.31. The van der Waals surface area contributed by atoms with Crippen molar-refractivity contribution in [1.29, 1.82) is 0 Å². The van der Waals surface area contributed by atoms with Crippen LogP contribution in [0.15, 0.2) is 18.2 Å². The molecular weight excluding hydrogens is 312 g/mol. The zero-order chi connectivity index (χ0) is 16.2. The largest absolute Gasteiger partial charge is 0.396 e. The number of anilines is 1. The number of benzene rings is 1. The molecule has 1 atom stereocenters. The number of nitrogens with one attached hydrogen (secondary N) is 1. The fourth-order valence-electron chi connectivity index (χ4n) is 3.30. The standard InChI is InChI=1S/C18H25ClN2O2/c19-14-6-7-16(17(11-14)20-12-13-4-5-13)18(23)21-9-2-1-3-15(21)8-10-22/h6-7,11,13,15,20,22H,1-5,8-10,12H2. The van der Waals surface area contributed by atoms with E-state index in [0.29, 0.717) is 17.0 Å². The Balaban J connectivity index is 1.79. The van der Waals surface area contributed by atoms with Crippen LogP contribution in [0.5, 0.6) is 0 Å². The number of hydrogen-bond acceptors (Lipinski definition) is 3. The number of aliphatic hydroxyl groups excluding tert-OH is 1. The first-order valence-electron chi connectivity index (χ1n) is 8.64. The summed E-state index contributed by atoms with van der Waals surface area (Å²) < 4.78 is 0. The van der Waals surface area contributed by atoms with Crippen LogP contribution in [0.25, 0.3) is 0 Å². The van der Waals surface area contributed by atoms with Gasteiger partial charge in [-0.2, -0.15) is 0 Å². The lowest BCUT2D eigenvalue weighted by Gasteiger charge is -2.36. The molecule has 1 aromatic rings. The van der Waals surface area contributed by atoms with Gasteiger partial charge in [-0.25, -0.2) is 0 Å². The molecule has 1 aliphatic carbocycles. The van der Waals surface area contributed by atoms with Gasteiger partial charge in [-0.05, 0) is 62.6 Å². The second-order valence-electron chi connectivity index (χ2n) is 6.67. The quantitative estimate of drug-likeness (QED) is 0.835. The average Bonchev–Trinajstić information content (AvgIpc) is 3.38. The fourth-order valence-corrected chi connectivity index (χ4v) is 3.47. The van der Waals surface area contributed by atoms with Gasteiger partial charge in [0.25, 0.3) is 5.91 Å². The summed E-state index contributed by atoms with van der Waals surface area (Å²) in [6, 6.07) is 5.60. The molecule has 23 heavy (non-hydrogen) atoms. The zero-order valence-electron chi connectivity index (χ0n) is 13.4. The normalized spacial score (nSPS) is 21.3. The third-order valence-corrected chi connectivity index (χ3v) is 5.08. The van der Waals surface area contributed by atoms with E-state index < -0.39 is 0 Å². The smallest absolute Gasteiger partial charge is 0.256 e. The topological polar surface area (TPSA) is 52.6 Å². The van der Waals surface area contributed by atoms with Crippen LogP contribution in [0, 0.1) is 5.92 Å². The SMILES string of the molecule is O=C(c1ccc(Cl)cc1NCC1CC1)N1CCCCC1CCO. The molecule has 0 aromatic heterocycles. The molecule has 0 radical (unpaired) electrons. The molecule has 1 saturated carbocycles. The molecule has 0 spiro atoms. The fraction of sp³-hybridized carbons (Fsp3) is 0.611. The first-order valence-corrected chi connectivity index (χ1v) is 9.02. The third-order valence-electron chi connectivity index (χ3n) is 4.84. The number of halogens is 1. The molecule has 1 heterocycles. The molecule has 2 N–H and O–H groups in total. The van der Waals surface area contributed by atoms with Crippen molar-refractivity contribution >= 4 is 23.2 Å². The number of likely N-dealkylation sites (tertiary alicyclic amines) is 1. The predicted molar refractivity (Wildman–Crippen MR) is 93.0 cm³/mol. The summed E-state index contributed by atoms with van der Waals surface area (Å²) in [7, 11) is 0. The Labute approximate surface area is 142 Å². The first kappa shape index (κ1) is 16.6. The van der Waals surface area contributed by atoms with Crippen molar-refractivity contribution in [2.75, 3.05) is 25.0 Å². The maximum Gasteiger partial charge on any atom is 0.256 e. The van der Waals surface area contributed by atoms with Gasteiger partial charge in [0, 0.05) is 36.4 Å². The highest BCUT2D eigenvalue weighted by atomic mass is 35.5. The van der Waals surface area contributed by atoms with E-state index in [4.69, 9.17) is 11.6 Å². The Morgan fingerprint density at radius 2 is 2.13 bits per heavy atom. The number of carbonyl (C=O) groups is 1. The minimum absolute atomic E-state index is 0.0538. The molecule has 3 rings (SSSR count). The third kappa shape index (κ3) is 4.18. The number of aliphatic hydroxyl groups is 1. The number of nitrogens with zero attached hydrogens (tertiary/aromatic N) is 1. The van der Waals surface area contributed by atoms with E-state index in [1.807, 2.05) is 17.0 Å². The van der Waals surface area contributed by atoms with Crippen molar-refractivity contribution in [1.82, 2.24) is 4.90 Å². The van der Waals surface area contributed by atoms with Crippen molar-refractivity contribution in [2.45, 2.75) is 44.6 Å². The molecule has 4 nitrogen and oxygen atoms in total. The Hall–Kier alpha value is -1.26. The van der Waals surface area contributed by atoms with Gasteiger partial charge in [0.05, 0.1) is 5.56 Å². The van der Waals surface area contributed by atoms with Crippen LogP contribution < -0.4 is 5.32 Å². The van der Waals surface area contributed by atoms with Crippen LogP contribution >= 0.6 is 11.6 Å². The van der Waals surface area contributed by atoms with Crippen molar-refractivity contribution < 1.29 is 9.90 Å². The Kier molecular flexibility index (Phi) is 5.44. The minimum atomic E-state index is 0.0538. The van der Waals surface area contributed by atoms with E-state index in [-0.39, 0.29) is 18.6 Å². The summed E-state index contributed by atoms with van der Waals surface area (Å²) in [6.07, 6.45) is 6.33. The summed E-state index contributed by atoms with van der Waals surface area (Å²) in [4.78, 5) is 15.0.